The number of benzene rings is 2. The Morgan fingerprint density at radius 2 is 1.61 bits per heavy atom. The molecule has 2 aromatic rings. The Labute approximate surface area is 186 Å². The summed E-state index contributed by atoms with van der Waals surface area (Å²) in [5.41, 5.74) is 2.71. The van der Waals surface area contributed by atoms with Crippen molar-refractivity contribution >= 4 is 29.0 Å². The average Bonchev–Trinajstić information content (AvgIpc) is 2.78. The quantitative estimate of drug-likeness (QED) is 0.660. The third kappa shape index (κ3) is 3.65. The average molecular weight is 442 g/mol. The molecule has 6 nitrogen and oxygen atoms in total. The lowest BCUT2D eigenvalue weighted by atomic mass is 9.76. The highest BCUT2D eigenvalue weighted by molar-refractivity contribution is 6.34. The SMILES string of the molecule is COc1cc(OC)c([C@@H]2CC(=O)N(c3ccccc3Cl)C3=C2C(=O)CCC3)cc1OC. The molecule has 0 N–H and O–H groups in total. The van der Waals surface area contributed by atoms with Crippen molar-refractivity contribution in [2.45, 2.75) is 31.6 Å². The third-order valence-electron chi connectivity index (χ3n) is 5.88. The molecule has 1 aliphatic heterocycles. The number of anilines is 1. The van der Waals surface area contributed by atoms with Crippen LogP contribution in [0.3, 0.4) is 0 Å². The van der Waals surface area contributed by atoms with Gasteiger partial charge in [0.05, 0.1) is 32.0 Å². The molecule has 2 aromatic carbocycles. The molecule has 1 atom stereocenters. The fourth-order valence-corrected chi connectivity index (χ4v) is 4.72. The number of hydrogen-bond donors (Lipinski definition) is 0. The van der Waals surface area contributed by atoms with Crippen molar-refractivity contribution in [3.8, 4) is 17.2 Å². The summed E-state index contributed by atoms with van der Waals surface area (Å²) in [5, 5.41) is 0.475. The van der Waals surface area contributed by atoms with E-state index in [1.54, 1.807) is 50.5 Å². The minimum Gasteiger partial charge on any atom is -0.496 e. The number of halogens is 1. The highest BCUT2D eigenvalue weighted by Gasteiger charge is 2.41. The van der Waals surface area contributed by atoms with E-state index in [4.69, 9.17) is 25.8 Å². The summed E-state index contributed by atoms with van der Waals surface area (Å²) in [6.07, 6.45) is 1.91. The number of hydrogen-bond acceptors (Lipinski definition) is 5. The van der Waals surface area contributed by atoms with Crippen LogP contribution in [0.5, 0.6) is 17.2 Å². The summed E-state index contributed by atoms with van der Waals surface area (Å²) in [7, 11) is 4.66. The molecule has 7 heteroatoms. The van der Waals surface area contributed by atoms with E-state index >= 15 is 0 Å². The van der Waals surface area contributed by atoms with Crippen LogP contribution in [0, 0.1) is 0 Å². The molecule has 31 heavy (non-hydrogen) atoms. The summed E-state index contributed by atoms with van der Waals surface area (Å²) in [6, 6.07) is 10.7. The normalized spacial score (nSPS) is 18.7. The molecule has 0 radical (unpaired) electrons. The maximum Gasteiger partial charge on any atom is 0.232 e. The van der Waals surface area contributed by atoms with Gasteiger partial charge in [0.25, 0.3) is 0 Å². The minimum atomic E-state index is -0.427. The molecule has 0 saturated carbocycles. The summed E-state index contributed by atoms with van der Waals surface area (Å²) in [6.45, 7) is 0. The molecule has 0 aromatic heterocycles. The zero-order valence-corrected chi connectivity index (χ0v) is 18.5. The largest absolute Gasteiger partial charge is 0.496 e. The lowest BCUT2D eigenvalue weighted by molar-refractivity contribution is -0.119. The minimum absolute atomic E-state index is 0.0487. The summed E-state index contributed by atoms with van der Waals surface area (Å²) in [4.78, 5) is 28.2. The highest BCUT2D eigenvalue weighted by Crippen LogP contribution is 2.48. The van der Waals surface area contributed by atoms with Gasteiger partial charge in [0, 0.05) is 41.7 Å². The molecule has 1 heterocycles. The number of carbonyl (C=O) groups excluding carboxylic acids is 2. The van der Waals surface area contributed by atoms with E-state index in [0.717, 1.165) is 11.3 Å². The summed E-state index contributed by atoms with van der Waals surface area (Å²) in [5.74, 6) is 1.10. The molecule has 0 fully saturated rings. The van der Waals surface area contributed by atoms with Crippen LogP contribution in [0.4, 0.5) is 5.69 Å². The zero-order valence-electron chi connectivity index (χ0n) is 17.7. The standard InChI is InChI=1S/C24H24ClNO5/c1-29-20-13-22(31-3)21(30-2)11-14(20)15-12-23(28)26(17-8-5-4-7-16(17)25)18-9-6-10-19(27)24(15)18/h4-5,7-8,11,13,15H,6,9-10,12H2,1-3H3/t15-/m0/s1. The second-order valence-electron chi connectivity index (χ2n) is 7.52. The Hall–Kier alpha value is -2.99. The molecule has 4 rings (SSSR count). The number of ketones is 1. The maximum atomic E-state index is 13.4. The van der Waals surface area contributed by atoms with Crippen molar-refractivity contribution < 1.29 is 23.8 Å². The number of amides is 1. The van der Waals surface area contributed by atoms with Gasteiger partial charge >= 0.3 is 0 Å². The fraction of sp³-hybridized carbons (Fsp3) is 0.333. The fourth-order valence-electron chi connectivity index (χ4n) is 4.50. The second-order valence-corrected chi connectivity index (χ2v) is 7.93. The Bertz CT molecular complexity index is 1080. The van der Waals surface area contributed by atoms with Gasteiger partial charge in [-0.3, -0.25) is 14.5 Å². The number of Topliss-reactive ketones (excluding diaryl/α,β-unsaturated/α-hetero) is 1. The zero-order chi connectivity index (χ0) is 22.1. The molecule has 162 valence electrons. The molecule has 0 spiro atoms. The van der Waals surface area contributed by atoms with Crippen LogP contribution in [0.2, 0.25) is 5.02 Å². The van der Waals surface area contributed by atoms with Gasteiger partial charge in [-0.25, -0.2) is 0 Å². The van der Waals surface area contributed by atoms with Gasteiger partial charge < -0.3 is 14.2 Å². The maximum absolute atomic E-state index is 13.4. The van der Waals surface area contributed by atoms with Crippen molar-refractivity contribution in [2.75, 3.05) is 26.2 Å². The number of nitrogens with zero attached hydrogens (tertiary/aromatic N) is 1. The van der Waals surface area contributed by atoms with Crippen molar-refractivity contribution in [1.29, 1.82) is 0 Å². The van der Waals surface area contributed by atoms with Crippen LogP contribution >= 0.6 is 11.6 Å². The Morgan fingerprint density at radius 3 is 2.29 bits per heavy atom. The number of ether oxygens (including phenoxy) is 3. The highest BCUT2D eigenvalue weighted by atomic mass is 35.5. The Kier molecular flexibility index (Phi) is 5.92. The van der Waals surface area contributed by atoms with Gasteiger partial charge in [-0.2, -0.15) is 0 Å². The van der Waals surface area contributed by atoms with Gasteiger partial charge in [0.15, 0.2) is 17.3 Å². The van der Waals surface area contributed by atoms with Gasteiger partial charge in [-0.1, -0.05) is 23.7 Å². The van der Waals surface area contributed by atoms with E-state index in [0.29, 0.717) is 52.8 Å². The van der Waals surface area contributed by atoms with Crippen molar-refractivity contribution in [3.05, 3.63) is 58.3 Å². The smallest absolute Gasteiger partial charge is 0.232 e. The Balaban J connectivity index is 1.92. The van der Waals surface area contributed by atoms with E-state index in [2.05, 4.69) is 0 Å². The first-order valence-corrected chi connectivity index (χ1v) is 10.5. The second kappa shape index (κ2) is 8.63. The van der Waals surface area contributed by atoms with Gasteiger partial charge in [0.2, 0.25) is 5.91 Å². The van der Waals surface area contributed by atoms with Crippen LogP contribution in [0.25, 0.3) is 0 Å². The topological polar surface area (TPSA) is 65.1 Å². The monoisotopic (exact) mass is 441 g/mol. The van der Waals surface area contributed by atoms with E-state index in [-0.39, 0.29) is 18.1 Å². The molecular weight excluding hydrogens is 418 g/mol. The number of para-hydroxylation sites is 1. The lowest BCUT2D eigenvalue weighted by Crippen LogP contribution is -2.40. The van der Waals surface area contributed by atoms with Crippen LogP contribution in [0.15, 0.2) is 47.7 Å². The first kappa shape index (κ1) is 21.2. The van der Waals surface area contributed by atoms with Gasteiger partial charge in [0.1, 0.15) is 5.75 Å². The van der Waals surface area contributed by atoms with Crippen molar-refractivity contribution in [2.24, 2.45) is 0 Å². The third-order valence-corrected chi connectivity index (χ3v) is 6.20. The number of allylic oxidation sites excluding steroid dienone is 2. The number of carbonyl (C=O) groups is 2. The van der Waals surface area contributed by atoms with Crippen molar-refractivity contribution in [3.63, 3.8) is 0 Å². The van der Waals surface area contributed by atoms with E-state index in [1.165, 1.54) is 0 Å². The van der Waals surface area contributed by atoms with Gasteiger partial charge in [-0.15, -0.1) is 0 Å². The molecular formula is C24H24ClNO5. The van der Waals surface area contributed by atoms with E-state index < -0.39 is 5.92 Å². The number of rotatable bonds is 5. The van der Waals surface area contributed by atoms with E-state index in [9.17, 15) is 9.59 Å². The molecule has 1 aliphatic carbocycles. The predicted molar refractivity (Wildman–Crippen MR) is 118 cm³/mol. The lowest BCUT2D eigenvalue weighted by Gasteiger charge is -2.39. The van der Waals surface area contributed by atoms with Crippen LogP contribution in [0.1, 0.15) is 37.2 Å². The number of methoxy groups -OCH3 is 3. The summed E-state index contributed by atoms with van der Waals surface area (Å²) < 4.78 is 16.5. The molecule has 2 aliphatic rings. The molecule has 0 unspecified atom stereocenters. The molecule has 0 bridgehead atoms. The predicted octanol–water partition coefficient (Wildman–Crippen LogP) is 4.89. The molecule has 1 amide bonds. The van der Waals surface area contributed by atoms with Crippen LogP contribution < -0.4 is 19.1 Å². The van der Waals surface area contributed by atoms with E-state index in [1.807, 2.05) is 12.1 Å². The first-order valence-electron chi connectivity index (χ1n) is 10.1. The molecule has 0 saturated heterocycles. The first-order chi connectivity index (χ1) is 15.0. The van der Waals surface area contributed by atoms with Crippen LogP contribution in [-0.4, -0.2) is 33.0 Å². The van der Waals surface area contributed by atoms with Crippen molar-refractivity contribution in [1.82, 2.24) is 0 Å². The van der Waals surface area contributed by atoms with Gasteiger partial charge in [-0.05, 0) is 31.0 Å². The Morgan fingerprint density at radius 1 is 0.935 bits per heavy atom. The van der Waals surface area contributed by atoms with Crippen LogP contribution in [-0.2, 0) is 9.59 Å². The summed E-state index contributed by atoms with van der Waals surface area (Å²) >= 11 is 6.41.